The zero-order chi connectivity index (χ0) is 15.0. The summed E-state index contributed by atoms with van der Waals surface area (Å²) in [5.74, 6) is 0.173. The van der Waals surface area contributed by atoms with Crippen LogP contribution in [0.4, 0.5) is 0 Å². The molecule has 5 nitrogen and oxygen atoms in total. The van der Waals surface area contributed by atoms with Crippen LogP contribution in [0.2, 0.25) is 5.02 Å². The molecule has 106 valence electrons. The summed E-state index contributed by atoms with van der Waals surface area (Å²) in [6.45, 7) is 1.97. The van der Waals surface area contributed by atoms with Gasteiger partial charge < -0.3 is 4.74 Å². The van der Waals surface area contributed by atoms with Crippen LogP contribution in [-0.2, 0) is 4.74 Å². The third-order valence-corrected chi connectivity index (χ3v) is 3.50. The van der Waals surface area contributed by atoms with E-state index in [0.717, 1.165) is 11.1 Å². The Bertz CT molecular complexity index is 842. The molecule has 3 aromatic rings. The van der Waals surface area contributed by atoms with Crippen molar-refractivity contribution in [1.29, 1.82) is 0 Å². The minimum atomic E-state index is -0.411. The van der Waals surface area contributed by atoms with E-state index < -0.39 is 5.97 Å². The summed E-state index contributed by atoms with van der Waals surface area (Å²) in [6, 6.07) is 9.06. The van der Waals surface area contributed by atoms with Crippen molar-refractivity contribution >= 4 is 23.2 Å². The van der Waals surface area contributed by atoms with Crippen LogP contribution in [0.25, 0.3) is 17.0 Å². The molecule has 0 bridgehead atoms. The Hall–Kier alpha value is -2.40. The molecular weight excluding hydrogens is 290 g/mol. The average Bonchev–Trinajstić information content (AvgIpc) is 2.89. The first-order valence-corrected chi connectivity index (χ1v) is 6.67. The van der Waals surface area contributed by atoms with Crippen LogP contribution < -0.4 is 0 Å². The Morgan fingerprint density at radius 2 is 2.05 bits per heavy atom. The first-order valence-electron chi connectivity index (χ1n) is 6.30. The smallest absolute Gasteiger partial charge is 0.339 e. The molecule has 0 fully saturated rings. The normalized spacial score (nSPS) is 10.8. The number of fused-ring (bicyclic) bond motifs is 1. The van der Waals surface area contributed by atoms with Gasteiger partial charge in [0.15, 0.2) is 11.5 Å². The molecule has 1 aromatic carbocycles. The van der Waals surface area contributed by atoms with E-state index in [4.69, 9.17) is 16.3 Å². The van der Waals surface area contributed by atoms with Crippen LogP contribution in [0, 0.1) is 6.92 Å². The molecule has 2 heterocycles. The lowest BCUT2D eigenvalue weighted by molar-refractivity contribution is 0.0600. The second kappa shape index (κ2) is 5.18. The summed E-state index contributed by atoms with van der Waals surface area (Å²) < 4.78 is 6.45. The SMILES string of the molecule is COC(=O)c1ccc2nnc(-c3ccc(C)cc3Cl)n2c1. The second-order valence-corrected chi connectivity index (χ2v) is 5.05. The summed E-state index contributed by atoms with van der Waals surface area (Å²) >= 11 is 6.28. The minimum absolute atomic E-state index is 0.411. The van der Waals surface area contributed by atoms with Crippen LogP contribution in [0.15, 0.2) is 36.5 Å². The van der Waals surface area contributed by atoms with Crippen LogP contribution in [0.1, 0.15) is 15.9 Å². The fourth-order valence-corrected chi connectivity index (χ4v) is 2.43. The maximum absolute atomic E-state index is 11.6. The first kappa shape index (κ1) is 13.6. The lowest BCUT2D eigenvalue weighted by atomic mass is 10.1. The molecule has 0 aliphatic carbocycles. The number of hydrogen-bond donors (Lipinski definition) is 0. The summed E-state index contributed by atoms with van der Waals surface area (Å²) in [6.07, 6.45) is 1.65. The fourth-order valence-electron chi connectivity index (χ4n) is 2.11. The van der Waals surface area contributed by atoms with Gasteiger partial charge >= 0.3 is 5.97 Å². The second-order valence-electron chi connectivity index (χ2n) is 4.64. The number of carbonyl (C=O) groups excluding carboxylic acids is 1. The number of aromatic nitrogens is 3. The quantitative estimate of drug-likeness (QED) is 0.682. The molecule has 0 saturated carbocycles. The Labute approximate surface area is 126 Å². The van der Waals surface area contributed by atoms with Crippen molar-refractivity contribution in [1.82, 2.24) is 14.6 Å². The van der Waals surface area contributed by atoms with Gasteiger partial charge in [0.05, 0.1) is 17.7 Å². The molecule has 21 heavy (non-hydrogen) atoms. The van der Waals surface area contributed by atoms with Crippen LogP contribution >= 0.6 is 11.6 Å². The zero-order valence-electron chi connectivity index (χ0n) is 11.5. The topological polar surface area (TPSA) is 56.5 Å². The average molecular weight is 302 g/mol. The van der Waals surface area contributed by atoms with Gasteiger partial charge in [-0.15, -0.1) is 10.2 Å². The van der Waals surface area contributed by atoms with Crippen molar-refractivity contribution in [3.05, 3.63) is 52.7 Å². The molecule has 0 radical (unpaired) electrons. The van der Waals surface area contributed by atoms with Crippen molar-refractivity contribution in [2.45, 2.75) is 6.92 Å². The number of nitrogens with zero attached hydrogens (tertiary/aromatic N) is 3. The van der Waals surface area contributed by atoms with Gasteiger partial charge in [-0.1, -0.05) is 17.7 Å². The lowest BCUT2D eigenvalue weighted by Gasteiger charge is -2.05. The Balaban J connectivity index is 2.20. The molecule has 0 unspecified atom stereocenters. The van der Waals surface area contributed by atoms with Gasteiger partial charge in [0, 0.05) is 11.8 Å². The van der Waals surface area contributed by atoms with Crippen molar-refractivity contribution in [3.63, 3.8) is 0 Å². The van der Waals surface area contributed by atoms with E-state index >= 15 is 0 Å². The van der Waals surface area contributed by atoms with Gasteiger partial charge in [0.2, 0.25) is 0 Å². The number of ether oxygens (including phenoxy) is 1. The molecule has 0 N–H and O–H groups in total. The predicted molar refractivity (Wildman–Crippen MR) is 79.5 cm³/mol. The van der Waals surface area contributed by atoms with Crippen molar-refractivity contribution in [2.24, 2.45) is 0 Å². The fraction of sp³-hybridized carbons (Fsp3) is 0.133. The molecule has 0 aliphatic heterocycles. The summed E-state index contributed by atoms with van der Waals surface area (Å²) in [4.78, 5) is 11.6. The van der Waals surface area contributed by atoms with Crippen molar-refractivity contribution in [3.8, 4) is 11.4 Å². The molecule has 2 aromatic heterocycles. The van der Waals surface area contributed by atoms with E-state index in [1.165, 1.54) is 7.11 Å². The van der Waals surface area contributed by atoms with Gasteiger partial charge in [0.25, 0.3) is 0 Å². The maximum atomic E-state index is 11.6. The highest BCUT2D eigenvalue weighted by Crippen LogP contribution is 2.27. The summed E-state index contributed by atoms with van der Waals surface area (Å²) in [5, 5.41) is 8.84. The lowest BCUT2D eigenvalue weighted by Crippen LogP contribution is -2.03. The molecular formula is C15H12ClN3O2. The number of esters is 1. The number of benzene rings is 1. The number of hydrogen-bond acceptors (Lipinski definition) is 4. The van der Waals surface area contributed by atoms with Crippen LogP contribution in [-0.4, -0.2) is 27.7 Å². The number of methoxy groups -OCH3 is 1. The van der Waals surface area contributed by atoms with Crippen molar-refractivity contribution in [2.75, 3.05) is 7.11 Å². The van der Waals surface area contributed by atoms with E-state index in [-0.39, 0.29) is 0 Å². The molecule has 0 saturated heterocycles. The standard InChI is InChI=1S/C15H12ClN3O2/c1-9-3-5-11(12(16)7-9)14-18-17-13-6-4-10(8-19(13)14)15(20)21-2/h3-8H,1-2H3. The third-order valence-electron chi connectivity index (χ3n) is 3.19. The third kappa shape index (κ3) is 2.36. The number of rotatable bonds is 2. The van der Waals surface area contributed by atoms with Crippen molar-refractivity contribution < 1.29 is 9.53 Å². The van der Waals surface area contributed by atoms with Crippen LogP contribution in [0.3, 0.4) is 0 Å². The Morgan fingerprint density at radius 3 is 2.76 bits per heavy atom. The molecule has 0 atom stereocenters. The van der Waals surface area contributed by atoms with E-state index in [0.29, 0.717) is 22.1 Å². The Morgan fingerprint density at radius 1 is 1.24 bits per heavy atom. The molecule has 0 spiro atoms. The van der Waals surface area contributed by atoms with E-state index in [1.807, 2.05) is 25.1 Å². The molecule has 6 heteroatoms. The number of carbonyl (C=O) groups is 1. The van der Waals surface area contributed by atoms with Gasteiger partial charge in [0.1, 0.15) is 0 Å². The predicted octanol–water partition coefficient (Wildman–Crippen LogP) is 3.14. The highest BCUT2D eigenvalue weighted by molar-refractivity contribution is 6.33. The number of aryl methyl sites for hydroxylation is 1. The van der Waals surface area contributed by atoms with Gasteiger partial charge in [-0.3, -0.25) is 4.40 Å². The highest BCUT2D eigenvalue weighted by Gasteiger charge is 2.14. The zero-order valence-corrected chi connectivity index (χ0v) is 12.3. The minimum Gasteiger partial charge on any atom is -0.465 e. The monoisotopic (exact) mass is 301 g/mol. The molecule has 3 rings (SSSR count). The van der Waals surface area contributed by atoms with Gasteiger partial charge in [-0.25, -0.2) is 4.79 Å². The van der Waals surface area contributed by atoms with E-state index in [1.54, 1.807) is 22.7 Å². The largest absolute Gasteiger partial charge is 0.465 e. The van der Waals surface area contributed by atoms with E-state index in [2.05, 4.69) is 10.2 Å². The highest BCUT2D eigenvalue weighted by atomic mass is 35.5. The summed E-state index contributed by atoms with van der Waals surface area (Å²) in [5.41, 5.74) is 2.88. The van der Waals surface area contributed by atoms with Crippen LogP contribution in [0.5, 0.6) is 0 Å². The molecule has 0 amide bonds. The first-order chi connectivity index (χ1) is 10.1. The van der Waals surface area contributed by atoms with Gasteiger partial charge in [-0.2, -0.15) is 0 Å². The summed E-state index contributed by atoms with van der Waals surface area (Å²) in [7, 11) is 1.34. The van der Waals surface area contributed by atoms with E-state index in [9.17, 15) is 4.79 Å². The number of halogens is 1. The van der Waals surface area contributed by atoms with Gasteiger partial charge in [-0.05, 0) is 36.8 Å². The maximum Gasteiger partial charge on any atom is 0.339 e. The Kier molecular flexibility index (Phi) is 3.35. The molecule has 0 aliphatic rings. The number of pyridine rings is 1.